The van der Waals surface area contributed by atoms with Crippen molar-refractivity contribution in [3.63, 3.8) is 0 Å². The van der Waals surface area contributed by atoms with Crippen LogP contribution in [0.4, 0.5) is 0 Å². The molecule has 1 aromatic rings. The lowest BCUT2D eigenvalue weighted by atomic mass is 9.97. The number of hydrogen-bond donors (Lipinski definition) is 1. The minimum atomic E-state index is 0.219. The van der Waals surface area contributed by atoms with E-state index in [1.807, 2.05) is 0 Å². The van der Waals surface area contributed by atoms with Crippen molar-refractivity contribution in [3.05, 3.63) is 35.4 Å². The number of rotatable bonds is 10. The second-order valence-electron chi connectivity index (χ2n) is 4.83. The molecule has 20 heavy (non-hydrogen) atoms. The first-order chi connectivity index (χ1) is 9.78. The molecule has 0 aliphatic heterocycles. The maximum absolute atomic E-state index is 6.05. The minimum absolute atomic E-state index is 0.219. The van der Waals surface area contributed by atoms with E-state index in [2.05, 4.69) is 36.1 Å². The summed E-state index contributed by atoms with van der Waals surface area (Å²) in [4.78, 5) is 2.35. The van der Waals surface area contributed by atoms with E-state index in [1.165, 1.54) is 11.1 Å². The Balaban J connectivity index is 2.92. The van der Waals surface area contributed by atoms with Crippen molar-refractivity contribution in [1.82, 2.24) is 4.90 Å². The van der Waals surface area contributed by atoms with Gasteiger partial charge in [0.1, 0.15) is 0 Å². The third-order valence-corrected chi connectivity index (χ3v) is 3.62. The molecule has 1 aromatic carbocycles. The zero-order chi connectivity index (χ0) is 14.8. The van der Waals surface area contributed by atoms with Gasteiger partial charge < -0.3 is 15.2 Å². The van der Waals surface area contributed by atoms with Crippen molar-refractivity contribution in [3.8, 4) is 0 Å². The normalized spacial score (nSPS) is 12.8. The van der Waals surface area contributed by atoms with Crippen LogP contribution < -0.4 is 5.73 Å². The van der Waals surface area contributed by atoms with Crippen LogP contribution in [0.25, 0.3) is 0 Å². The molecule has 1 unspecified atom stereocenters. The number of hydrogen-bond acceptors (Lipinski definition) is 4. The van der Waals surface area contributed by atoms with E-state index in [0.29, 0.717) is 19.8 Å². The molecule has 1 atom stereocenters. The van der Waals surface area contributed by atoms with Crippen LogP contribution in [0.1, 0.15) is 24.1 Å². The number of benzene rings is 1. The Bertz CT molecular complexity index is 363. The first kappa shape index (κ1) is 17.1. The minimum Gasteiger partial charge on any atom is -0.383 e. The number of ether oxygens (including phenoxy) is 2. The van der Waals surface area contributed by atoms with Crippen molar-refractivity contribution < 1.29 is 9.47 Å². The number of methoxy groups -OCH3 is 2. The molecule has 0 spiro atoms. The van der Waals surface area contributed by atoms with Gasteiger partial charge in [0.25, 0.3) is 0 Å². The topological polar surface area (TPSA) is 47.7 Å². The summed E-state index contributed by atoms with van der Waals surface area (Å²) in [6.07, 6.45) is 1.02. The molecule has 0 heterocycles. The average Bonchev–Trinajstić information content (AvgIpc) is 2.50. The van der Waals surface area contributed by atoms with Crippen LogP contribution in [0.15, 0.2) is 24.3 Å². The molecular formula is C16H28N2O2. The molecule has 0 aromatic heterocycles. The summed E-state index contributed by atoms with van der Waals surface area (Å²) in [6.45, 7) is 5.91. The molecule has 0 saturated carbocycles. The molecule has 0 bridgehead atoms. The third kappa shape index (κ3) is 4.87. The highest BCUT2D eigenvalue weighted by Gasteiger charge is 2.20. The lowest BCUT2D eigenvalue weighted by Crippen LogP contribution is -2.38. The molecule has 4 heteroatoms. The van der Waals surface area contributed by atoms with Crippen molar-refractivity contribution in [1.29, 1.82) is 0 Å². The summed E-state index contributed by atoms with van der Waals surface area (Å²) in [6, 6.07) is 8.76. The van der Waals surface area contributed by atoms with E-state index in [9.17, 15) is 0 Å². The Morgan fingerprint density at radius 1 is 1.10 bits per heavy atom. The summed E-state index contributed by atoms with van der Waals surface area (Å²) >= 11 is 0. The number of nitrogens with two attached hydrogens (primary N) is 1. The second-order valence-corrected chi connectivity index (χ2v) is 4.83. The van der Waals surface area contributed by atoms with E-state index >= 15 is 0 Å². The van der Waals surface area contributed by atoms with Gasteiger partial charge in [-0.25, -0.2) is 0 Å². The monoisotopic (exact) mass is 280 g/mol. The SMILES string of the molecule is CCc1ccccc1C(CN)N(CCOC)CCOC. The van der Waals surface area contributed by atoms with Gasteiger partial charge in [-0.1, -0.05) is 31.2 Å². The first-order valence-electron chi connectivity index (χ1n) is 7.28. The lowest BCUT2D eigenvalue weighted by Gasteiger charge is -2.32. The molecule has 0 aliphatic carbocycles. The second kappa shape index (κ2) is 9.88. The van der Waals surface area contributed by atoms with Crippen molar-refractivity contribution in [2.24, 2.45) is 5.73 Å². The Hall–Kier alpha value is -0.940. The van der Waals surface area contributed by atoms with Gasteiger partial charge in [-0.3, -0.25) is 4.90 Å². The molecule has 0 aliphatic rings. The van der Waals surface area contributed by atoms with Crippen LogP contribution in [0.3, 0.4) is 0 Å². The highest BCUT2D eigenvalue weighted by Crippen LogP contribution is 2.23. The van der Waals surface area contributed by atoms with Gasteiger partial charge in [-0.15, -0.1) is 0 Å². The molecule has 0 amide bonds. The van der Waals surface area contributed by atoms with Crippen molar-refractivity contribution >= 4 is 0 Å². The fraction of sp³-hybridized carbons (Fsp3) is 0.625. The zero-order valence-corrected chi connectivity index (χ0v) is 13.0. The van der Waals surface area contributed by atoms with Crippen LogP contribution in [0.2, 0.25) is 0 Å². The number of aryl methyl sites for hydroxylation is 1. The van der Waals surface area contributed by atoms with Gasteiger partial charge in [0, 0.05) is 39.9 Å². The van der Waals surface area contributed by atoms with Crippen LogP contribution in [0, 0.1) is 0 Å². The van der Waals surface area contributed by atoms with Gasteiger partial charge in [0.15, 0.2) is 0 Å². The van der Waals surface area contributed by atoms with Gasteiger partial charge in [0.2, 0.25) is 0 Å². The lowest BCUT2D eigenvalue weighted by molar-refractivity contribution is 0.0889. The van der Waals surface area contributed by atoms with Crippen LogP contribution >= 0.6 is 0 Å². The summed E-state index contributed by atoms with van der Waals surface area (Å²) < 4.78 is 10.4. The standard InChI is InChI=1S/C16H28N2O2/c1-4-14-7-5-6-8-15(14)16(13-17)18(9-11-19-2)10-12-20-3/h5-8,16H,4,9-13,17H2,1-3H3. The molecule has 0 saturated heterocycles. The molecular weight excluding hydrogens is 252 g/mol. The summed E-state index contributed by atoms with van der Waals surface area (Å²) in [5, 5.41) is 0. The summed E-state index contributed by atoms with van der Waals surface area (Å²) in [5.74, 6) is 0. The van der Waals surface area contributed by atoms with Gasteiger partial charge in [-0.05, 0) is 17.5 Å². The van der Waals surface area contributed by atoms with Crippen LogP contribution in [0.5, 0.6) is 0 Å². The van der Waals surface area contributed by atoms with Crippen LogP contribution in [-0.4, -0.2) is 52.0 Å². The zero-order valence-electron chi connectivity index (χ0n) is 13.0. The summed E-state index contributed by atoms with van der Waals surface area (Å²) in [5.41, 5.74) is 8.74. The molecule has 2 N–H and O–H groups in total. The third-order valence-electron chi connectivity index (χ3n) is 3.62. The summed E-state index contributed by atoms with van der Waals surface area (Å²) in [7, 11) is 3.46. The van der Waals surface area contributed by atoms with Crippen molar-refractivity contribution in [2.75, 3.05) is 47.1 Å². The Morgan fingerprint density at radius 2 is 1.70 bits per heavy atom. The largest absolute Gasteiger partial charge is 0.383 e. The maximum Gasteiger partial charge on any atom is 0.0589 e. The van der Waals surface area contributed by atoms with E-state index in [0.717, 1.165) is 19.5 Å². The highest BCUT2D eigenvalue weighted by molar-refractivity contribution is 5.30. The molecule has 0 fully saturated rings. The number of nitrogens with zero attached hydrogens (tertiary/aromatic N) is 1. The first-order valence-corrected chi connectivity index (χ1v) is 7.28. The van der Waals surface area contributed by atoms with Crippen LogP contribution in [-0.2, 0) is 15.9 Å². The van der Waals surface area contributed by atoms with E-state index in [4.69, 9.17) is 15.2 Å². The highest BCUT2D eigenvalue weighted by atomic mass is 16.5. The Labute approximate surface area is 122 Å². The smallest absolute Gasteiger partial charge is 0.0589 e. The average molecular weight is 280 g/mol. The van der Waals surface area contributed by atoms with E-state index < -0.39 is 0 Å². The Morgan fingerprint density at radius 3 is 2.20 bits per heavy atom. The van der Waals surface area contributed by atoms with Gasteiger partial charge >= 0.3 is 0 Å². The van der Waals surface area contributed by atoms with Gasteiger partial charge in [-0.2, -0.15) is 0 Å². The molecule has 114 valence electrons. The van der Waals surface area contributed by atoms with Gasteiger partial charge in [0.05, 0.1) is 13.2 Å². The fourth-order valence-electron chi connectivity index (χ4n) is 2.49. The Kier molecular flexibility index (Phi) is 8.46. The fourth-order valence-corrected chi connectivity index (χ4v) is 2.49. The maximum atomic E-state index is 6.05. The van der Waals surface area contributed by atoms with E-state index in [1.54, 1.807) is 14.2 Å². The van der Waals surface area contributed by atoms with Crippen molar-refractivity contribution in [2.45, 2.75) is 19.4 Å². The predicted octanol–water partition coefficient (Wildman–Crippen LogP) is 1.84. The quantitative estimate of drug-likeness (QED) is 0.710. The molecule has 0 radical (unpaired) electrons. The molecule has 1 rings (SSSR count). The van der Waals surface area contributed by atoms with E-state index in [-0.39, 0.29) is 6.04 Å². The predicted molar refractivity (Wildman–Crippen MR) is 82.9 cm³/mol. The molecule has 4 nitrogen and oxygen atoms in total.